The molecule has 1 aliphatic heterocycles. The van der Waals surface area contributed by atoms with E-state index in [1.807, 2.05) is 17.1 Å². The van der Waals surface area contributed by atoms with Gasteiger partial charge in [-0.3, -0.25) is 4.79 Å². The largest absolute Gasteiger partial charge is 0.339 e. The van der Waals surface area contributed by atoms with E-state index in [4.69, 9.17) is 0 Å². The van der Waals surface area contributed by atoms with Gasteiger partial charge in [0.25, 0.3) is 0 Å². The number of amides is 1. The van der Waals surface area contributed by atoms with Crippen LogP contribution in [0.25, 0.3) is 0 Å². The molecule has 0 saturated carbocycles. The minimum absolute atomic E-state index is 0.289. The van der Waals surface area contributed by atoms with E-state index < -0.39 is 0 Å². The molecule has 0 bridgehead atoms. The van der Waals surface area contributed by atoms with Gasteiger partial charge in [-0.1, -0.05) is 38.0 Å². The molecular formula is C14H21NO. The predicted octanol–water partition coefficient (Wildman–Crippen LogP) is 2.91. The van der Waals surface area contributed by atoms with Gasteiger partial charge < -0.3 is 4.90 Å². The Morgan fingerprint density at radius 1 is 1.44 bits per heavy atom. The van der Waals surface area contributed by atoms with Gasteiger partial charge in [0.1, 0.15) is 0 Å². The molecule has 2 rings (SSSR count). The van der Waals surface area contributed by atoms with E-state index >= 15 is 0 Å². The highest BCUT2D eigenvalue weighted by Gasteiger charge is 2.30. The zero-order valence-electron chi connectivity index (χ0n) is 10.1. The summed E-state index contributed by atoms with van der Waals surface area (Å²) in [6, 6.07) is 0. The molecule has 1 unspecified atom stereocenters. The fourth-order valence-corrected chi connectivity index (χ4v) is 2.56. The number of hydrogen-bond donors (Lipinski definition) is 0. The monoisotopic (exact) mass is 219 g/mol. The first-order chi connectivity index (χ1) is 7.83. The van der Waals surface area contributed by atoms with E-state index in [0.717, 1.165) is 37.9 Å². The molecule has 1 fully saturated rings. The van der Waals surface area contributed by atoms with Crippen LogP contribution < -0.4 is 0 Å². The van der Waals surface area contributed by atoms with Gasteiger partial charge in [0, 0.05) is 18.7 Å². The SMILES string of the molecule is CCCCCN1CCC2CC=CC=C2C1=O. The van der Waals surface area contributed by atoms with E-state index in [0.29, 0.717) is 5.92 Å². The van der Waals surface area contributed by atoms with Crippen molar-refractivity contribution in [3.05, 3.63) is 23.8 Å². The maximum atomic E-state index is 12.2. The van der Waals surface area contributed by atoms with Crippen LogP contribution in [0.15, 0.2) is 23.8 Å². The second-order valence-corrected chi connectivity index (χ2v) is 4.77. The molecule has 1 aliphatic carbocycles. The molecule has 1 heterocycles. The molecule has 0 aromatic rings. The van der Waals surface area contributed by atoms with Crippen molar-refractivity contribution in [3.63, 3.8) is 0 Å². The lowest BCUT2D eigenvalue weighted by atomic mass is 9.85. The second kappa shape index (κ2) is 5.33. The van der Waals surface area contributed by atoms with Crippen LogP contribution in [0.4, 0.5) is 0 Å². The van der Waals surface area contributed by atoms with Crippen LogP contribution in [0.5, 0.6) is 0 Å². The van der Waals surface area contributed by atoms with E-state index in [2.05, 4.69) is 13.0 Å². The molecule has 0 spiro atoms. The van der Waals surface area contributed by atoms with Crippen molar-refractivity contribution in [2.45, 2.75) is 39.0 Å². The summed E-state index contributed by atoms with van der Waals surface area (Å²) >= 11 is 0. The van der Waals surface area contributed by atoms with Crippen molar-refractivity contribution in [1.82, 2.24) is 4.90 Å². The van der Waals surface area contributed by atoms with E-state index in [1.165, 1.54) is 12.8 Å². The van der Waals surface area contributed by atoms with Crippen LogP contribution in [-0.2, 0) is 4.79 Å². The summed E-state index contributed by atoms with van der Waals surface area (Å²) in [5.41, 5.74) is 1.05. The van der Waals surface area contributed by atoms with Gasteiger partial charge in [-0.25, -0.2) is 0 Å². The van der Waals surface area contributed by atoms with Crippen LogP contribution in [-0.4, -0.2) is 23.9 Å². The molecule has 16 heavy (non-hydrogen) atoms. The molecule has 1 saturated heterocycles. The predicted molar refractivity (Wildman–Crippen MR) is 66.1 cm³/mol. The van der Waals surface area contributed by atoms with Crippen LogP contribution in [0, 0.1) is 5.92 Å². The maximum absolute atomic E-state index is 12.2. The van der Waals surface area contributed by atoms with Gasteiger partial charge in [-0.2, -0.15) is 0 Å². The zero-order chi connectivity index (χ0) is 11.4. The van der Waals surface area contributed by atoms with Crippen molar-refractivity contribution < 1.29 is 4.79 Å². The zero-order valence-corrected chi connectivity index (χ0v) is 10.1. The number of nitrogens with zero attached hydrogens (tertiary/aromatic N) is 1. The third kappa shape index (κ3) is 2.37. The summed E-state index contributed by atoms with van der Waals surface area (Å²) in [5, 5.41) is 0. The van der Waals surface area contributed by atoms with Gasteiger partial charge in [0.2, 0.25) is 5.91 Å². The summed E-state index contributed by atoms with van der Waals surface area (Å²) in [6.45, 7) is 4.10. The smallest absolute Gasteiger partial charge is 0.250 e. The molecule has 0 radical (unpaired) electrons. The number of likely N-dealkylation sites (tertiary alicyclic amines) is 1. The summed E-state index contributed by atoms with van der Waals surface area (Å²) < 4.78 is 0. The Labute approximate surface area is 98.0 Å². The van der Waals surface area contributed by atoms with Crippen molar-refractivity contribution in [3.8, 4) is 0 Å². The number of piperidine rings is 1. The minimum Gasteiger partial charge on any atom is -0.339 e. The molecule has 2 heteroatoms. The molecule has 1 amide bonds. The quantitative estimate of drug-likeness (QED) is 0.666. The lowest BCUT2D eigenvalue weighted by Gasteiger charge is -2.34. The van der Waals surface area contributed by atoms with Crippen LogP contribution >= 0.6 is 0 Å². The number of allylic oxidation sites excluding steroid dienone is 3. The van der Waals surface area contributed by atoms with Crippen LogP contribution in [0.2, 0.25) is 0 Å². The summed E-state index contributed by atoms with van der Waals surface area (Å²) in [4.78, 5) is 14.2. The normalized spacial score (nSPS) is 24.3. The van der Waals surface area contributed by atoms with Crippen molar-refractivity contribution >= 4 is 5.91 Å². The van der Waals surface area contributed by atoms with Gasteiger partial charge in [0.05, 0.1) is 0 Å². The standard InChI is InChI=1S/C14H21NO/c1-2-3-6-10-15-11-9-12-7-4-5-8-13(12)14(15)16/h4-5,8,12H,2-3,6-7,9-11H2,1H3. The highest BCUT2D eigenvalue weighted by molar-refractivity contribution is 5.95. The number of carbonyl (C=O) groups is 1. The highest BCUT2D eigenvalue weighted by atomic mass is 16.2. The fraction of sp³-hybridized carbons (Fsp3) is 0.643. The second-order valence-electron chi connectivity index (χ2n) is 4.77. The average Bonchev–Trinajstić information content (AvgIpc) is 2.33. The van der Waals surface area contributed by atoms with Crippen molar-refractivity contribution in [2.24, 2.45) is 5.92 Å². The maximum Gasteiger partial charge on any atom is 0.250 e. The third-order valence-electron chi connectivity index (χ3n) is 3.59. The van der Waals surface area contributed by atoms with E-state index in [-0.39, 0.29) is 5.91 Å². The molecule has 0 aromatic carbocycles. The molecule has 0 aromatic heterocycles. The minimum atomic E-state index is 0.289. The average molecular weight is 219 g/mol. The molecule has 88 valence electrons. The highest BCUT2D eigenvalue weighted by Crippen LogP contribution is 2.30. The van der Waals surface area contributed by atoms with E-state index in [1.54, 1.807) is 0 Å². The Morgan fingerprint density at radius 2 is 2.31 bits per heavy atom. The number of unbranched alkanes of at least 4 members (excludes halogenated alkanes) is 2. The Balaban J connectivity index is 1.95. The van der Waals surface area contributed by atoms with Gasteiger partial charge in [-0.15, -0.1) is 0 Å². The van der Waals surface area contributed by atoms with E-state index in [9.17, 15) is 4.79 Å². The number of hydrogen-bond acceptors (Lipinski definition) is 1. The van der Waals surface area contributed by atoms with Crippen molar-refractivity contribution in [2.75, 3.05) is 13.1 Å². The number of carbonyl (C=O) groups excluding carboxylic acids is 1. The summed E-state index contributed by atoms with van der Waals surface area (Å²) in [7, 11) is 0. The Kier molecular flexibility index (Phi) is 3.81. The first kappa shape index (κ1) is 11.4. The van der Waals surface area contributed by atoms with Crippen molar-refractivity contribution in [1.29, 1.82) is 0 Å². The summed E-state index contributed by atoms with van der Waals surface area (Å²) in [5.74, 6) is 0.789. The lowest BCUT2D eigenvalue weighted by molar-refractivity contribution is -0.129. The van der Waals surface area contributed by atoms with Gasteiger partial charge in [0.15, 0.2) is 0 Å². The van der Waals surface area contributed by atoms with Crippen LogP contribution in [0.1, 0.15) is 39.0 Å². The van der Waals surface area contributed by atoms with Crippen LogP contribution in [0.3, 0.4) is 0 Å². The first-order valence-corrected chi connectivity index (χ1v) is 6.49. The molecule has 2 nitrogen and oxygen atoms in total. The van der Waals surface area contributed by atoms with Gasteiger partial charge >= 0.3 is 0 Å². The topological polar surface area (TPSA) is 20.3 Å². The fourth-order valence-electron chi connectivity index (χ4n) is 2.56. The third-order valence-corrected chi connectivity index (χ3v) is 3.59. The Hall–Kier alpha value is -1.05. The number of rotatable bonds is 4. The molecular weight excluding hydrogens is 198 g/mol. The molecule has 2 aliphatic rings. The lowest BCUT2D eigenvalue weighted by Crippen LogP contribution is -2.41. The molecule has 0 N–H and O–H groups in total. The number of fused-ring (bicyclic) bond motifs is 1. The molecule has 1 atom stereocenters. The Bertz CT molecular complexity index is 317. The first-order valence-electron chi connectivity index (χ1n) is 6.49. The Morgan fingerprint density at radius 3 is 3.12 bits per heavy atom. The van der Waals surface area contributed by atoms with Gasteiger partial charge in [-0.05, 0) is 25.2 Å². The summed E-state index contributed by atoms with van der Waals surface area (Å²) in [6.07, 6.45) is 12.0.